The maximum atomic E-state index is 5.66. The van der Waals surface area contributed by atoms with E-state index in [-0.39, 0.29) is 0 Å². The molecule has 0 aromatic rings. The monoisotopic (exact) mass is 171 g/mol. The highest BCUT2D eigenvalue weighted by atomic mass is 16.5. The van der Waals surface area contributed by atoms with E-state index in [9.17, 15) is 0 Å². The minimum Gasteiger partial charge on any atom is -0.378 e. The fourth-order valence-corrected chi connectivity index (χ4v) is 2.27. The molecule has 3 atom stereocenters. The first-order valence-electron chi connectivity index (χ1n) is 5.12. The summed E-state index contributed by atoms with van der Waals surface area (Å²) in [4.78, 5) is 0. The summed E-state index contributed by atoms with van der Waals surface area (Å²) in [5.74, 6) is 0.741. The topological polar surface area (TPSA) is 21.3 Å². The van der Waals surface area contributed by atoms with Gasteiger partial charge in [-0.15, -0.1) is 0 Å². The Kier molecular flexibility index (Phi) is 4.02. The molecule has 1 rings (SSSR count). The average Bonchev–Trinajstić information content (AvgIpc) is 2.55. The van der Waals surface area contributed by atoms with Gasteiger partial charge in [0.25, 0.3) is 0 Å². The van der Waals surface area contributed by atoms with Crippen molar-refractivity contribution >= 4 is 0 Å². The Bertz CT molecular complexity index is 123. The number of hydrogen-bond acceptors (Lipinski definition) is 2. The van der Waals surface area contributed by atoms with Gasteiger partial charge in [0.05, 0.1) is 6.10 Å². The van der Waals surface area contributed by atoms with Gasteiger partial charge in [-0.3, -0.25) is 0 Å². The Balaban J connectivity index is 2.47. The van der Waals surface area contributed by atoms with Crippen LogP contribution in [-0.4, -0.2) is 25.8 Å². The van der Waals surface area contributed by atoms with E-state index in [2.05, 4.69) is 26.2 Å². The maximum Gasteiger partial charge on any atom is 0.0616 e. The van der Waals surface area contributed by atoms with Crippen molar-refractivity contribution in [2.75, 3.05) is 13.7 Å². The summed E-state index contributed by atoms with van der Waals surface area (Å²) in [6.07, 6.45) is 4.10. The Morgan fingerprint density at radius 2 is 2.25 bits per heavy atom. The molecule has 0 aromatic carbocycles. The summed E-state index contributed by atoms with van der Waals surface area (Å²) in [5.41, 5.74) is 0. The van der Waals surface area contributed by atoms with Gasteiger partial charge < -0.3 is 10.1 Å². The third-order valence-corrected chi connectivity index (χ3v) is 2.99. The number of nitrogens with one attached hydrogen (secondary N) is 1. The van der Waals surface area contributed by atoms with E-state index >= 15 is 0 Å². The molecule has 0 radical (unpaired) electrons. The Morgan fingerprint density at radius 3 is 2.75 bits per heavy atom. The summed E-state index contributed by atoms with van der Waals surface area (Å²) in [6, 6.07) is 0.650. The van der Waals surface area contributed by atoms with E-state index in [1.54, 1.807) is 0 Å². The smallest absolute Gasteiger partial charge is 0.0616 e. The van der Waals surface area contributed by atoms with Crippen LogP contribution in [0.25, 0.3) is 0 Å². The Hall–Kier alpha value is -0.0800. The molecule has 0 amide bonds. The molecule has 3 unspecified atom stereocenters. The minimum atomic E-state index is 0.502. The highest BCUT2D eigenvalue weighted by Gasteiger charge is 2.31. The normalized spacial score (nSPS) is 32.2. The van der Waals surface area contributed by atoms with Gasteiger partial charge in [0.15, 0.2) is 0 Å². The second-order valence-corrected chi connectivity index (χ2v) is 3.57. The standard InChI is InChI=1S/C10H21NO/c1-4-9(11-3)8-6-7-12-10(8)5-2/h8-11H,4-7H2,1-3H3. The van der Waals surface area contributed by atoms with Crippen LogP contribution in [0.4, 0.5) is 0 Å². The summed E-state index contributed by atoms with van der Waals surface area (Å²) < 4.78 is 5.66. The lowest BCUT2D eigenvalue weighted by molar-refractivity contribution is 0.0779. The molecule has 2 nitrogen and oxygen atoms in total. The molecule has 0 aromatic heterocycles. The summed E-state index contributed by atoms with van der Waals surface area (Å²) in [5, 5.41) is 3.38. The van der Waals surface area contributed by atoms with E-state index in [0.717, 1.165) is 18.9 Å². The maximum absolute atomic E-state index is 5.66. The summed E-state index contributed by atoms with van der Waals surface area (Å²) >= 11 is 0. The van der Waals surface area contributed by atoms with Crippen molar-refractivity contribution in [2.45, 2.75) is 45.3 Å². The zero-order chi connectivity index (χ0) is 8.97. The molecule has 0 spiro atoms. The van der Waals surface area contributed by atoms with Crippen LogP contribution in [0.2, 0.25) is 0 Å². The van der Waals surface area contributed by atoms with Crippen LogP contribution in [0.5, 0.6) is 0 Å². The van der Waals surface area contributed by atoms with E-state index < -0.39 is 0 Å². The highest BCUT2D eigenvalue weighted by molar-refractivity contribution is 4.84. The van der Waals surface area contributed by atoms with E-state index in [0.29, 0.717) is 12.1 Å². The van der Waals surface area contributed by atoms with Crippen molar-refractivity contribution in [3.05, 3.63) is 0 Å². The summed E-state index contributed by atoms with van der Waals surface area (Å²) in [7, 11) is 2.05. The van der Waals surface area contributed by atoms with Crippen LogP contribution < -0.4 is 5.32 Å². The van der Waals surface area contributed by atoms with Gasteiger partial charge in [0.2, 0.25) is 0 Å². The lowest BCUT2D eigenvalue weighted by Crippen LogP contribution is -2.37. The fourth-order valence-electron chi connectivity index (χ4n) is 2.27. The molecule has 0 aliphatic carbocycles. The zero-order valence-corrected chi connectivity index (χ0v) is 8.47. The van der Waals surface area contributed by atoms with Crippen LogP contribution >= 0.6 is 0 Å². The van der Waals surface area contributed by atoms with Gasteiger partial charge in [-0.25, -0.2) is 0 Å². The molecule has 1 fully saturated rings. The molecule has 12 heavy (non-hydrogen) atoms. The Morgan fingerprint density at radius 1 is 1.50 bits per heavy atom. The van der Waals surface area contributed by atoms with Gasteiger partial charge in [-0.05, 0) is 26.3 Å². The minimum absolute atomic E-state index is 0.502. The van der Waals surface area contributed by atoms with Crippen molar-refractivity contribution in [1.82, 2.24) is 5.32 Å². The number of hydrogen-bond donors (Lipinski definition) is 1. The molecule has 1 N–H and O–H groups in total. The molecule has 1 heterocycles. The molecule has 2 heteroatoms. The molecule has 0 saturated carbocycles. The van der Waals surface area contributed by atoms with Gasteiger partial charge in [0, 0.05) is 18.6 Å². The largest absolute Gasteiger partial charge is 0.378 e. The summed E-state index contributed by atoms with van der Waals surface area (Å²) in [6.45, 7) is 5.42. The Labute approximate surface area is 75.7 Å². The fraction of sp³-hybridized carbons (Fsp3) is 1.00. The van der Waals surface area contributed by atoms with Crippen LogP contribution in [0.1, 0.15) is 33.1 Å². The molecule has 0 bridgehead atoms. The molecule has 72 valence electrons. The van der Waals surface area contributed by atoms with Crippen molar-refractivity contribution < 1.29 is 4.74 Å². The van der Waals surface area contributed by atoms with Crippen molar-refractivity contribution in [3.63, 3.8) is 0 Å². The van der Waals surface area contributed by atoms with Gasteiger partial charge >= 0.3 is 0 Å². The predicted molar refractivity (Wildman–Crippen MR) is 51.3 cm³/mol. The lowest BCUT2D eigenvalue weighted by Gasteiger charge is -2.25. The van der Waals surface area contributed by atoms with Crippen LogP contribution in [0.3, 0.4) is 0 Å². The quantitative estimate of drug-likeness (QED) is 0.696. The first-order valence-corrected chi connectivity index (χ1v) is 5.12. The molecule has 1 aliphatic heterocycles. The second-order valence-electron chi connectivity index (χ2n) is 3.57. The molecular formula is C10H21NO. The second kappa shape index (κ2) is 4.83. The zero-order valence-electron chi connectivity index (χ0n) is 8.47. The van der Waals surface area contributed by atoms with Crippen molar-refractivity contribution in [3.8, 4) is 0 Å². The first kappa shape index (κ1) is 10.0. The third-order valence-electron chi connectivity index (χ3n) is 2.99. The van der Waals surface area contributed by atoms with Gasteiger partial charge in [-0.2, -0.15) is 0 Å². The highest BCUT2D eigenvalue weighted by Crippen LogP contribution is 2.27. The average molecular weight is 171 g/mol. The van der Waals surface area contributed by atoms with Crippen molar-refractivity contribution in [1.29, 1.82) is 0 Å². The van der Waals surface area contributed by atoms with Crippen molar-refractivity contribution in [2.24, 2.45) is 5.92 Å². The molecule has 1 saturated heterocycles. The number of ether oxygens (including phenoxy) is 1. The van der Waals surface area contributed by atoms with E-state index in [1.165, 1.54) is 12.8 Å². The molecular weight excluding hydrogens is 150 g/mol. The van der Waals surface area contributed by atoms with Crippen LogP contribution in [0, 0.1) is 5.92 Å². The van der Waals surface area contributed by atoms with E-state index in [4.69, 9.17) is 4.74 Å². The van der Waals surface area contributed by atoms with Gasteiger partial charge in [-0.1, -0.05) is 13.8 Å². The first-order chi connectivity index (χ1) is 5.83. The lowest BCUT2D eigenvalue weighted by atomic mass is 9.90. The third kappa shape index (κ3) is 1.99. The molecule has 1 aliphatic rings. The van der Waals surface area contributed by atoms with Gasteiger partial charge in [0.1, 0.15) is 0 Å². The van der Waals surface area contributed by atoms with Crippen LogP contribution in [-0.2, 0) is 4.74 Å². The number of rotatable bonds is 4. The predicted octanol–water partition coefficient (Wildman–Crippen LogP) is 1.80. The SMILES string of the molecule is CCC(NC)C1CCOC1CC. The van der Waals surface area contributed by atoms with Crippen LogP contribution in [0.15, 0.2) is 0 Å². The van der Waals surface area contributed by atoms with E-state index in [1.807, 2.05) is 0 Å².